The fraction of sp³-hybridized carbons (Fsp3) is 0.538. The maximum atomic E-state index is 10.7. The van der Waals surface area contributed by atoms with Gasteiger partial charge in [0, 0.05) is 25.3 Å². The first-order chi connectivity index (χ1) is 9.61. The number of rotatable bonds is 4. The molecular weight excluding hydrogens is 260 g/mol. The Labute approximate surface area is 116 Å². The fourth-order valence-electron chi connectivity index (χ4n) is 2.30. The predicted molar refractivity (Wildman–Crippen MR) is 72.2 cm³/mol. The van der Waals surface area contributed by atoms with E-state index in [1.165, 1.54) is 12.3 Å². The van der Waals surface area contributed by atoms with Crippen LogP contribution >= 0.6 is 0 Å². The maximum Gasteiger partial charge on any atom is 0.289 e. The molecule has 0 aliphatic carbocycles. The van der Waals surface area contributed by atoms with Crippen LogP contribution in [0.25, 0.3) is 0 Å². The van der Waals surface area contributed by atoms with Crippen molar-refractivity contribution < 1.29 is 9.66 Å². The molecule has 1 aliphatic heterocycles. The molecule has 2 rings (SSSR count). The molecule has 1 aromatic heterocycles. The number of nitrogens with zero attached hydrogens (tertiary/aromatic N) is 3. The summed E-state index contributed by atoms with van der Waals surface area (Å²) in [5.41, 5.74) is 0.0175. The number of nitro groups is 1. The maximum absolute atomic E-state index is 10.7. The van der Waals surface area contributed by atoms with Crippen LogP contribution < -0.4 is 5.32 Å². The smallest absolute Gasteiger partial charge is 0.289 e. The Hall–Kier alpha value is -2.20. The largest absolute Gasteiger partial charge is 0.381 e. The van der Waals surface area contributed by atoms with Crippen LogP contribution in [0.1, 0.15) is 25.3 Å². The summed E-state index contributed by atoms with van der Waals surface area (Å²) in [6.45, 7) is 3.52. The number of nitriles is 1. The molecule has 1 aromatic rings. The van der Waals surface area contributed by atoms with Gasteiger partial charge in [0.2, 0.25) is 0 Å². The summed E-state index contributed by atoms with van der Waals surface area (Å²) in [6, 6.07) is 3.33. The second kappa shape index (κ2) is 6.30. The van der Waals surface area contributed by atoms with Crippen molar-refractivity contribution in [3.05, 3.63) is 27.9 Å². The lowest BCUT2D eigenvalue weighted by Crippen LogP contribution is -2.31. The summed E-state index contributed by atoms with van der Waals surface area (Å²) >= 11 is 0. The van der Waals surface area contributed by atoms with Crippen molar-refractivity contribution in [3.63, 3.8) is 0 Å². The van der Waals surface area contributed by atoms with Crippen LogP contribution in [0, 0.1) is 27.4 Å². The average molecular weight is 276 g/mol. The summed E-state index contributed by atoms with van der Waals surface area (Å²) in [4.78, 5) is 14.1. The standard InChI is InChI=1S/C13H16N4O3/c1-9(10-2-4-20-5-3-10)16-13-11(7-14)6-12(8-15-13)17(18)19/h6,8-10H,2-5H2,1H3,(H,15,16). The van der Waals surface area contributed by atoms with E-state index in [-0.39, 0.29) is 17.3 Å². The van der Waals surface area contributed by atoms with E-state index in [9.17, 15) is 10.1 Å². The number of aromatic nitrogens is 1. The summed E-state index contributed by atoms with van der Waals surface area (Å²) in [5, 5.41) is 22.9. The van der Waals surface area contributed by atoms with Gasteiger partial charge in [0.15, 0.2) is 0 Å². The Morgan fingerprint density at radius 2 is 2.30 bits per heavy atom. The van der Waals surface area contributed by atoms with Gasteiger partial charge in [-0.1, -0.05) is 0 Å². The van der Waals surface area contributed by atoms with Gasteiger partial charge in [0.25, 0.3) is 5.69 Å². The van der Waals surface area contributed by atoms with Crippen molar-refractivity contribution in [3.8, 4) is 6.07 Å². The molecule has 106 valence electrons. The van der Waals surface area contributed by atoms with Gasteiger partial charge in [0.05, 0.1) is 4.92 Å². The Balaban J connectivity index is 2.12. The molecule has 1 N–H and O–H groups in total. The normalized spacial score (nSPS) is 17.2. The number of pyridine rings is 1. The number of ether oxygens (including phenoxy) is 1. The lowest BCUT2D eigenvalue weighted by Gasteiger charge is -2.28. The topological polar surface area (TPSA) is 101 Å². The first-order valence-electron chi connectivity index (χ1n) is 6.50. The van der Waals surface area contributed by atoms with Gasteiger partial charge in [-0.25, -0.2) is 4.98 Å². The number of nitrogens with one attached hydrogen (secondary N) is 1. The molecule has 0 radical (unpaired) electrons. The molecule has 7 heteroatoms. The van der Waals surface area contributed by atoms with E-state index in [1.54, 1.807) is 0 Å². The van der Waals surface area contributed by atoms with Crippen LogP contribution in [0.3, 0.4) is 0 Å². The zero-order chi connectivity index (χ0) is 14.5. The molecule has 0 bridgehead atoms. The quantitative estimate of drug-likeness (QED) is 0.667. The first-order valence-corrected chi connectivity index (χ1v) is 6.50. The van der Waals surface area contributed by atoms with Gasteiger partial charge in [-0.3, -0.25) is 10.1 Å². The highest BCUT2D eigenvalue weighted by Gasteiger charge is 2.22. The highest BCUT2D eigenvalue weighted by atomic mass is 16.6. The molecule has 0 saturated carbocycles. The van der Waals surface area contributed by atoms with E-state index in [2.05, 4.69) is 10.3 Å². The van der Waals surface area contributed by atoms with Gasteiger partial charge >= 0.3 is 0 Å². The summed E-state index contributed by atoms with van der Waals surface area (Å²) in [5.74, 6) is 0.851. The average Bonchev–Trinajstić information content (AvgIpc) is 2.48. The van der Waals surface area contributed by atoms with Crippen molar-refractivity contribution in [1.29, 1.82) is 5.26 Å². The van der Waals surface area contributed by atoms with Crippen LogP contribution in [0.4, 0.5) is 11.5 Å². The zero-order valence-electron chi connectivity index (χ0n) is 11.2. The third kappa shape index (κ3) is 3.22. The van der Waals surface area contributed by atoms with E-state index in [0.29, 0.717) is 11.7 Å². The number of hydrogen-bond donors (Lipinski definition) is 1. The van der Waals surface area contributed by atoms with Crippen LogP contribution in [0.2, 0.25) is 0 Å². The van der Waals surface area contributed by atoms with E-state index < -0.39 is 4.92 Å². The Morgan fingerprint density at radius 3 is 2.90 bits per heavy atom. The molecule has 1 saturated heterocycles. The molecular formula is C13H16N4O3. The van der Waals surface area contributed by atoms with Crippen LogP contribution in [0.5, 0.6) is 0 Å². The monoisotopic (exact) mass is 276 g/mol. The lowest BCUT2D eigenvalue weighted by atomic mass is 9.93. The number of anilines is 1. The third-order valence-corrected chi connectivity index (χ3v) is 3.54. The molecule has 1 fully saturated rings. The third-order valence-electron chi connectivity index (χ3n) is 3.54. The Kier molecular flexibility index (Phi) is 4.48. The number of hydrogen-bond acceptors (Lipinski definition) is 6. The lowest BCUT2D eigenvalue weighted by molar-refractivity contribution is -0.385. The van der Waals surface area contributed by atoms with Gasteiger partial charge in [-0.05, 0) is 25.7 Å². The van der Waals surface area contributed by atoms with Crippen LogP contribution in [-0.2, 0) is 4.74 Å². The fourth-order valence-corrected chi connectivity index (χ4v) is 2.30. The van der Waals surface area contributed by atoms with E-state index >= 15 is 0 Å². The zero-order valence-corrected chi connectivity index (χ0v) is 11.2. The molecule has 1 atom stereocenters. The molecule has 20 heavy (non-hydrogen) atoms. The van der Waals surface area contributed by atoms with Gasteiger partial charge in [0.1, 0.15) is 23.6 Å². The minimum Gasteiger partial charge on any atom is -0.381 e. The molecule has 1 unspecified atom stereocenters. The molecule has 1 aliphatic rings. The summed E-state index contributed by atoms with van der Waals surface area (Å²) in [6.07, 6.45) is 3.09. The van der Waals surface area contributed by atoms with Gasteiger partial charge in [-0.15, -0.1) is 0 Å². The second-order valence-electron chi connectivity index (χ2n) is 4.84. The van der Waals surface area contributed by atoms with Gasteiger partial charge < -0.3 is 10.1 Å². The van der Waals surface area contributed by atoms with E-state index in [0.717, 1.165) is 26.1 Å². The minimum absolute atomic E-state index is 0.139. The van der Waals surface area contributed by atoms with Crippen molar-refractivity contribution >= 4 is 11.5 Å². The van der Waals surface area contributed by atoms with Crippen LogP contribution in [0.15, 0.2) is 12.3 Å². The molecule has 0 spiro atoms. The van der Waals surface area contributed by atoms with E-state index in [1.807, 2.05) is 13.0 Å². The summed E-state index contributed by atoms with van der Waals surface area (Å²) in [7, 11) is 0. The molecule has 0 amide bonds. The Morgan fingerprint density at radius 1 is 1.60 bits per heavy atom. The molecule has 0 aromatic carbocycles. The molecule has 7 nitrogen and oxygen atoms in total. The van der Waals surface area contributed by atoms with Gasteiger partial charge in [-0.2, -0.15) is 5.26 Å². The highest BCUT2D eigenvalue weighted by molar-refractivity contribution is 5.55. The highest BCUT2D eigenvalue weighted by Crippen LogP contribution is 2.24. The Bertz CT molecular complexity index is 535. The summed E-state index contributed by atoms with van der Waals surface area (Å²) < 4.78 is 5.32. The predicted octanol–water partition coefficient (Wildman–Crippen LogP) is 2.09. The van der Waals surface area contributed by atoms with Crippen molar-refractivity contribution in [2.24, 2.45) is 5.92 Å². The second-order valence-corrected chi connectivity index (χ2v) is 4.84. The SMILES string of the molecule is CC(Nc1ncc([N+](=O)[O-])cc1C#N)C1CCOCC1. The first kappa shape index (κ1) is 14.2. The van der Waals surface area contributed by atoms with Crippen LogP contribution in [-0.4, -0.2) is 29.2 Å². The van der Waals surface area contributed by atoms with E-state index in [4.69, 9.17) is 10.00 Å². The van der Waals surface area contributed by atoms with Crippen molar-refractivity contribution in [1.82, 2.24) is 4.98 Å². The molecule has 2 heterocycles. The van der Waals surface area contributed by atoms with Crippen molar-refractivity contribution in [2.75, 3.05) is 18.5 Å². The van der Waals surface area contributed by atoms with Crippen molar-refractivity contribution in [2.45, 2.75) is 25.8 Å². The minimum atomic E-state index is -0.556.